The lowest BCUT2D eigenvalue weighted by Crippen LogP contribution is -2.14. The van der Waals surface area contributed by atoms with Crippen LogP contribution < -0.4 is 5.73 Å². The molecule has 0 saturated carbocycles. The number of hydrogen-bond donors (Lipinski definition) is 1. The molecule has 1 aromatic heterocycles. The Hall–Kier alpha value is -2.12. The van der Waals surface area contributed by atoms with Crippen molar-refractivity contribution in [1.29, 1.82) is 0 Å². The van der Waals surface area contributed by atoms with Crippen LogP contribution in [0, 0.1) is 10.1 Å². The minimum absolute atomic E-state index is 0.578. The number of nitro groups is 1. The monoisotopic (exact) mass is 217 g/mol. The lowest BCUT2D eigenvalue weighted by Gasteiger charge is -2.01. The SMILES string of the molecule is NC(=O)c1cc(C(F)F)ncc1[N+](=O)[O-]. The normalized spacial score (nSPS) is 10.3. The van der Waals surface area contributed by atoms with Gasteiger partial charge >= 0.3 is 0 Å². The molecule has 0 aromatic carbocycles. The van der Waals surface area contributed by atoms with E-state index in [0.717, 1.165) is 0 Å². The highest BCUT2D eigenvalue weighted by Gasteiger charge is 2.22. The number of primary amides is 1. The maximum Gasteiger partial charge on any atom is 0.300 e. The summed E-state index contributed by atoms with van der Waals surface area (Å²) >= 11 is 0. The largest absolute Gasteiger partial charge is 0.365 e. The van der Waals surface area contributed by atoms with Crippen molar-refractivity contribution < 1.29 is 18.5 Å². The predicted molar refractivity (Wildman–Crippen MR) is 44.4 cm³/mol. The number of halogens is 2. The first-order valence-electron chi connectivity index (χ1n) is 3.65. The molecule has 80 valence electrons. The molecule has 0 radical (unpaired) electrons. The number of carbonyl (C=O) groups excluding carboxylic acids is 1. The summed E-state index contributed by atoms with van der Waals surface area (Å²) in [6.45, 7) is 0. The quantitative estimate of drug-likeness (QED) is 0.603. The number of carbonyl (C=O) groups is 1. The molecule has 0 atom stereocenters. The van der Waals surface area contributed by atoms with E-state index in [2.05, 4.69) is 4.98 Å². The van der Waals surface area contributed by atoms with Gasteiger partial charge in [-0.2, -0.15) is 0 Å². The number of amides is 1. The fraction of sp³-hybridized carbons (Fsp3) is 0.143. The Labute approximate surface area is 81.9 Å². The van der Waals surface area contributed by atoms with E-state index in [1.807, 2.05) is 0 Å². The number of pyridine rings is 1. The molecule has 0 bridgehead atoms. The Kier molecular flexibility index (Phi) is 2.88. The molecule has 0 fully saturated rings. The average Bonchev–Trinajstić information content (AvgIpc) is 2.16. The maximum absolute atomic E-state index is 12.2. The zero-order valence-electron chi connectivity index (χ0n) is 7.18. The van der Waals surface area contributed by atoms with Crippen LogP contribution in [0.4, 0.5) is 14.5 Å². The lowest BCUT2D eigenvalue weighted by molar-refractivity contribution is -0.385. The van der Waals surface area contributed by atoms with Gasteiger partial charge in [0.25, 0.3) is 18.0 Å². The van der Waals surface area contributed by atoms with Crippen LogP contribution in [0.5, 0.6) is 0 Å². The molecular formula is C7H5F2N3O3. The molecule has 8 heteroatoms. The van der Waals surface area contributed by atoms with Gasteiger partial charge in [-0.25, -0.2) is 13.8 Å². The Balaban J connectivity index is 3.33. The van der Waals surface area contributed by atoms with Crippen LogP contribution in [0.15, 0.2) is 12.3 Å². The molecule has 2 N–H and O–H groups in total. The van der Waals surface area contributed by atoms with Crippen LogP contribution in [-0.2, 0) is 0 Å². The zero-order valence-corrected chi connectivity index (χ0v) is 7.18. The van der Waals surface area contributed by atoms with Crippen molar-refractivity contribution in [3.63, 3.8) is 0 Å². The molecule has 0 saturated heterocycles. The van der Waals surface area contributed by atoms with E-state index in [1.54, 1.807) is 0 Å². The van der Waals surface area contributed by atoms with Crippen molar-refractivity contribution in [2.45, 2.75) is 6.43 Å². The third-order valence-corrected chi connectivity index (χ3v) is 1.59. The molecular weight excluding hydrogens is 212 g/mol. The van der Waals surface area contributed by atoms with E-state index < -0.39 is 34.2 Å². The van der Waals surface area contributed by atoms with Crippen molar-refractivity contribution in [3.8, 4) is 0 Å². The van der Waals surface area contributed by atoms with Gasteiger partial charge in [-0.15, -0.1) is 0 Å². The van der Waals surface area contributed by atoms with E-state index in [0.29, 0.717) is 12.3 Å². The summed E-state index contributed by atoms with van der Waals surface area (Å²) in [6, 6.07) is 0.616. The van der Waals surface area contributed by atoms with Gasteiger partial charge in [0.1, 0.15) is 17.5 Å². The first-order valence-corrected chi connectivity index (χ1v) is 3.65. The topological polar surface area (TPSA) is 99.1 Å². The van der Waals surface area contributed by atoms with Crippen molar-refractivity contribution in [1.82, 2.24) is 4.98 Å². The second-order valence-electron chi connectivity index (χ2n) is 2.55. The fourth-order valence-corrected chi connectivity index (χ4v) is 0.926. The first kappa shape index (κ1) is 11.0. The molecule has 6 nitrogen and oxygen atoms in total. The van der Waals surface area contributed by atoms with E-state index in [-0.39, 0.29) is 0 Å². The first-order chi connectivity index (χ1) is 6.93. The van der Waals surface area contributed by atoms with Crippen LogP contribution >= 0.6 is 0 Å². The molecule has 15 heavy (non-hydrogen) atoms. The van der Waals surface area contributed by atoms with Crippen LogP contribution in [0.3, 0.4) is 0 Å². The fourth-order valence-electron chi connectivity index (χ4n) is 0.926. The van der Waals surface area contributed by atoms with Gasteiger partial charge in [0, 0.05) is 0 Å². The lowest BCUT2D eigenvalue weighted by atomic mass is 10.2. The molecule has 1 aromatic rings. The van der Waals surface area contributed by atoms with E-state index in [9.17, 15) is 23.7 Å². The van der Waals surface area contributed by atoms with E-state index >= 15 is 0 Å². The molecule has 0 spiro atoms. The summed E-state index contributed by atoms with van der Waals surface area (Å²) in [5.41, 5.74) is 2.81. The summed E-state index contributed by atoms with van der Waals surface area (Å²) in [5.74, 6) is -1.15. The van der Waals surface area contributed by atoms with Gasteiger partial charge in [-0.05, 0) is 6.07 Å². The van der Waals surface area contributed by atoms with Crippen molar-refractivity contribution >= 4 is 11.6 Å². The van der Waals surface area contributed by atoms with Crippen molar-refractivity contribution in [2.75, 3.05) is 0 Å². The highest BCUT2D eigenvalue weighted by Crippen LogP contribution is 2.22. The predicted octanol–water partition coefficient (Wildman–Crippen LogP) is 1.03. The molecule has 1 rings (SSSR count). The molecule has 0 aliphatic carbocycles. The Morgan fingerprint density at radius 2 is 2.20 bits per heavy atom. The van der Waals surface area contributed by atoms with Gasteiger partial charge < -0.3 is 5.73 Å². The summed E-state index contributed by atoms with van der Waals surface area (Å²) in [6.07, 6.45) is -2.33. The smallest absolute Gasteiger partial charge is 0.300 e. The zero-order chi connectivity index (χ0) is 11.6. The van der Waals surface area contributed by atoms with Crippen LogP contribution in [0.1, 0.15) is 22.5 Å². The second-order valence-corrected chi connectivity index (χ2v) is 2.55. The highest BCUT2D eigenvalue weighted by atomic mass is 19.3. The van der Waals surface area contributed by atoms with E-state index in [4.69, 9.17) is 5.73 Å². The molecule has 1 amide bonds. The van der Waals surface area contributed by atoms with Gasteiger partial charge in [-0.3, -0.25) is 14.9 Å². The number of nitrogens with zero attached hydrogens (tertiary/aromatic N) is 2. The van der Waals surface area contributed by atoms with Crippen LogP contribution in [0.2, 0.25) is 0 Å². The standard InChI is InChI=1S/C7H5F2N3O3/c8-6(9)4-1-3(7(10)13)5(2-11-4)12(14)15/h1-2,6H,(H2,10,13). The van der Waals surface area contributed by atoms with Gasteiger partial charge in [0.2, 0.25) is 0 Å². The molecule has 1 heterocycles. The third-order valence-electron chi connectivity index (χ3n) is 1.59. The van der Waals surface area contributed by atoms with Gasteiger partial charge in [0.05, 0.1) is 4.92 Å². The number of rotatable bonds is 3. The van der Waals surface area contributed by atoms with Crippen LogP contribution in [0.25, 0.3) is 0 Å². The third kappa shape index (κ3) is 2.22. The maximum atomic E-state index is 12.2. The van der Waals surface area contributed by atoms with E-state index in [1.165, 1.54) is 0 Å². The minimum Gasteiger partial charge on any atom is -0.365 e. The Bertz CT molecular complexity index is 422. The molecule has 0 unspecified atom stereocenters. The van der Waals surface area contributed by atoms with Gasteiger partial charge in [0.15, 0.2) is 0 Å². The van der Waals surface area contributed by atoms with Crippen molar-refractivity contribution in [2.24, 2.45) is 5.73 Å². The van der Waals surface area contributed by atoms with Crippen molar-refractivity contribution in [3.05, 3.63) is 33.6 Å². The van der Waals surface area contributed by atoms with Crippen LogP contribution in [-0.4, -0.2) is 15.8 Å². The Morgan fingerprint density at radius 3 is 2.60 bits per heavy atom. The summed E-state index contributed by atoms with van der Waals surface area (Å²) < 4.78 is 24.3. The molecule has 0 aliphatic rings. The number of aromatic nitrogens is 1. The molecule has 0 aliphatic heterocycles. The number of alkyl halides is 2. The number of hydrogen-bond acceptors (Lipinski definition) is 4. The summed E-state index contributed by atoms with van der Waals surface area (Å²) in [4.78, 5) is 23.4. The second kappa shape index (κ2) is 3.95. The average molecular weight is 217 g/mol. The Morgan fingerprint density at radius 1 is 1.60 bits per heavy atom. The highest BCUT2D eigenvalue weighted by molar-refractivity contribution is 5.96. The summed E-state index contributed by atoms with van der Waals surface area (Å²) in [5, 5.41) is 10.4. The minimum atomic E-state index is -2.91. The van der Waals surface area contributed by atoms with Gasteiger partial charge in [-0.1, -0.05) is 0 Å². The number of nitrogens with two attached hydrogens (primary N) is 1. The summed E-state index contributed by atoms with van der Waals surface area (Å²) in [7, 11) is 0.